The highest BCUT2D eigenvalue weighted by Crippen LogP contribution is 2.30. The first-order valence-electron chi connectivity index (χ1n) is 15.4. The van der Waals surface area contributed by atoms with Gasteiger partial charge in [-0.05, 0) is 108 Å². The van der Waals surface area contributed by atoms with Crippen molar-refractivity contribution >= 4 is 84.2 Å². The van der Waals surface area contributed by atoms with E-state index in [2.05, 4.69) is 31.7 Å². The monoisotopic (exact) mass is 772 g/mol. The second-order valence-electron chi connectivity index (χ2n) is 11.4. The van der Waals surface area contributed by atoms with Crippen LogP contribution in [0.3, 0.4) is 0 Å². The number of anilines is 4. The average molecular weight is 773 g/mol. The van der Waals surface area contributed by atoms with Crippen molar-refractivity contribution in [3.05, 3.63) is 117 Å². The molecule has 0 aliphatic heterocycles. The van der Waals surface area contributed by atoms with E-state index in [0.717, 1.165) is 12.2 Å². The minimum absolute atomic E-state index is 0.0338. The van der Waals surface area contributed by atoms with Crippen LogP contribution in [0.25, 0.3) is 12.2 Å². The van der Waals surface area contributed by atoms with Gasteiger partial charge in [0.2, 0.25) is 11.6 Å². The molecular formula is C35H28N6O11S2. The molecule has 2 aliphatic rings. The largest absolute Gasteiger partial charge is 0.497 e. The molecule has 6 rings (SSSR count). The second-order valence-corrected chi connectivity index (χ2v) is 14.2. The zero-order chi connectivity index (χ0) is 38.8. The van der Waals surface area contributed by atoms with Crippen LogP contribution in [0.1, 0.15) is 31.8 Å². The van der Waals surface area contributed by atoms with Crippen molar-refractivity contribution in [2.75, 3.05) is 35.7 Å². The number of ether oxygens (including phenoxy) is 2. The first-order chi connectivity index (χ1) is 25.6. The number of carbonyl (C=O) groups is 3. The van der Waals surface area contributed by atoms with Gasteiger partial charge in [0.1, 0.15) is 21.3 Å². The normalized spacial score (nSPS) is 15.4. The Morgan fingerprint density at radius 1 is 0.574 bits per heavy atom. The summed E-state index contributed by atoms with van der Waals surface area (Å²) in [5, 5.41) is 13.0. The zero-order valence-electron chi connectivity index (χ0n) is 28.0. The Hall–Kier alpha value is -6.67. The molecule has 0 unspecified atom stereocenters. The Morgan fingerprint density at radius 3 is 1.26 bits per heavy atom. The average Bonchev–Trinajstić information content (AvgIpc) is 3.13. The van der Waals surface area contributed by atoms with E-state index in [9.17, 15) is 40.3 Å². The number of fused-ring (bicyclic) bond motifs is 2. The Kier molecular flexibility index (Phi) is 10.1. The van der Waals surface area contributed by atoms with E-state index in [4.69, 9.17) is 9.47 Å². The number of methoxy groups -OCH3 is 2. The number of ketones is 2. The van der Waals surface area contributed by atoms with Crippen LogP contribution in [-0.4, -0.2) is 69.2 Å². The van der Waals surface area contributed by atoms with Gasteiger partial charge in [0, 0.05) is 22.5 Å². The highest BCUT2D eigenvalue weighted by molar-refractivity contribution is 7.91. The molecule has 0 atom stereocenters. The standard InChI is InChI=1S/C35H28N6O11S2/c1-51-25-9-3-21(4-10-25)38-40-31-29(53(45,46)47)17-19-15-23(7-13-27(19)33(31)42)36-35(44)37-24-8-14-28-20(16-24)18-30(54(48,49)50)32(34(28)43)41-39-22-5-11-26(52-2)12-6-22/h3-18,38-39H,1-2H3,(H2,36,37,44)(H,45,46,47)(H,48,49,50)/b40-31-,41-32-. The lowest BCUT2D eigenvalue weighted by Crippen LogP contribution is -2.27. The van der Waals surface area contributed by atoms with Gasteiger partial charge in [-0.2, -0.15) is 27.0 Å². The predicted octanol–water partition coefficient (Wildman–Crippen LogP) is 5.13. The number of rotatable bonds is 10. The van der Waals surface area contributed by atoms with Crippen LogP contribution in [0.5, 0.6) is 11.5 Å². The number of amides is 2. The number of Topliss-reactive ketones (excluding diaryl/α,β-unsaturated/α-hetero) is 2. The van der Waals surface area contributed by atoms with Crippen molar-refractivity contribution in [2.45, 2.75) is 0 Å². The summed E-state index contributed by atoms with van der Waals surface area (Å²) < 4.78 is 79.2. The summed E-state index contributed by atoms with van der Waals surface area (Å²) >= 11 is 0. The van der Waals surface area contributed by atoms with Gasteiger partial charge in [-0.25, -0.2) is 4.79 Å². The molecule has 54 heavy (non-hydrogen) atoms. The van der Waals surface area contributed by atoms with Crippen molar-refractivity contribution in [2.24, 2.45) is 10.2 Å². The third-order valence-corrected chi connectivity index (χ3v) is 9.64. The van der Waals surface area contributed by atoms with E-state index in [1.807, 2.05) is 0 Å². The third kappa shape index (κ3) is 8.03. The van der Waals surface area contributed by atoms with Gasteiger partial charge in [0.25, 0.3) is 20.2 Å². The Bertz CT molecular complexity index is 2390. The van der Waals surface area contributed by atoms with Crippen LogP contribution < -0.4 is 31.0 Å². The van der Waals surface area contributed by atoms with Gasteiger partial charge in [0.05, 0.1) is 25.6 Å². The van der Waals surface area contributed by atoms with E-state index < -0.39 is 59.1 Å². The molecule has 0 radical (unpaired) electrons. The number of hydrogen-bond donors (Lipinski definition) is 6. The van der Waals surface area contributed by atoms with Crippen LogP contribution in [0.4, 0.5) is 27.5 Å². The molecule has 0 bridgehead atoms. The molecule has 0 saturated carbocycles. The molecule has 2 aliphatic carbocycles. The van der Waals surface area contributed by atoms with Crippen molar-refractivity contribution in [3.8, 4) is 11.5 Å². The summed E-state index contributed by atoms with van der Waals surface area (Å²) in [6.07, 6.45) is 2.07. The SMILES string of the molecule is COc1ccc(N/N=C2\C(=O)c3ccc(NC(=O)Nc4ccc5c(c4)C=C(S(=O)(=O)O)/C(=N/Nc4ccc(OC)cc4)C5=O)cc3C=C2S(=O)(=O)O)cc1. The molecule has 0 saturated heterocycles. The van der Waals surface area contributed by atoms with Crippen LogP contribution in [-0.2, 0) is 20.2 Å². The third-order valence-electron chi connectivity index (χ3n) is 7.91. The number of hydrazone groups is 2. The van der Waals surface area contributed by atoms with Gasteiger partial charge in [-0.1, -0.05) is 0 Å². The van der Waals surface area contributed by atoms with Crippen molar-refractivity contribution in [3.63, 3.8) is 0 Å². The summed E-state index contributed by atoms with van der Waals surface area (Å²) in [6, 6.07) is 20.0. The summed E-state index contributed by atoms with van der Waals surface area (Å²) in [4.78, 5) is 38.1. The minimum Gasteiger partial charge on any atom is -0.497 e. The molecule has 0 aromatic heterocycles. The maximum atomic E-state index is 13.3. The lowest BCUT2D eigenvalue weighted by atomic mass is 9.94. The maximum Gasteiger partial charge on any atom is 0.323 e. The van der Waals surface area contributed by atoms with E-state index >= 15 is 0 Å². The number of allylic oxidation sites excluding steroid dienone is 2. The smallest absolute Gasteiger partial charge is 0.323 e. The highest BCUT2D eigenvalue weighted by Gasteiger charge is 2.34. The number of benzene rings is 4. The summed E-state index contributed by atoms with van der Waals surface area (Å²) in [5.41, 5.74) is 5.28. The topological polar surface area (TPSA) is 251 Å². The molecule has 2 amide bonds. The lowest BCUT2D eigenvalue weighted by molar-refractivity contribution is 0.105. The fourth-order valence-electron chi connectivity index (χ4n) is 5.30. The molecule has 6 N–H and O–H groups in total. The van der Waals surface area contributed by atoms with Crippen molar-refractivity contribution in [1.29, 1.82) is 0 Å². The molecule has 4 aromatic carbocycles. The summed E-state index contributed by atoms with van der Waals surface area (Å²) in [7, 11) is -6.91. The van der Waals surface area contributed by atoms with Crippen molar-refractivity contribution < 1.29 is 49.8 Å². The zero-order valence-corrected chi connectivity index (χ0v) is 29.7. The Morgan fingerprint density at radius 2 is 0.926 bits per heavy atom. The van der Waals surface area contributed by atoms with Gasteiger partial charge in [-0.15, -0.1) is 0 Å². The fraction of sp³-hybridized carbons (Fsp3) is 0.0571. The van der Waals surface area contributed by atoms with Crippen LogP contribution in [0.2, 0.25) is 0 Å². The number of carbonyl (C=O) groups excluding carboxylic acids is 3. The molecule has 0 spiro atoms. The van der Waals surface area contributed by atoms with Crippen LogP contribution in [0.15, 0.2) is 105 Å². The Labute approximate surface area is 307 Å². The number of urea groups is 1. The summed E-state index contributed by atoms with van der Waals surface area (Å²) in [5.74, 6) is -0.527. The van der Waals surface area contributed by atoms with Gasteiger partial charge in [-0.3, -0.25) is 29.5 Å². The molecule has 0 fully saturated rings. The quantitative estimate of drug-likeness (QED) is 0.0904. The number of hydrogen-bond acceptors (Lipinski definition) is 13. The van der Waals surface area contributed by atoms with Crippen LogP contribution >= 0.6 is 0 Å². The minimum atomic E-state index is -4.94. The molecule has 19 heteroatoms. The van der Waals surface area contributed by atoms with E-state index in [0.29, 0.717) is 22.9 Å². The highest BCUT2D eigenvalue weighted by atomic mass is 32.2. The second kappa shape index (κ2) is 14.8. The van der Waals surface area contributed by atoms with E-state index in [1.54, 1.807) is 48.5 Å². The number of nitrogens with zero attached hydrogens (tertiary/aromatic N) is 2. The molecular weight excluding hydrogens is 745 g/mol. The first kappa shape index (κ1) is 37.1. The van der Waals surface area contributed by atoms with E-state index in [-0.39, 0.29) is 33.6 Å². The predicted molar refractivity (Wildman–Crippen MR) is 201 cm³/mol. The van der Waals surface area contributed by atoms with Gasteiger partial charge in [0.15, 0.2) is 11.4 Å². The fourth-order valence-corrected chi connectivity index (χ4v) is 6.62. The van der Waals surface area contributed by atoms with Gasteiger partial charge < -0.3 is 20.1 Å². The Balaban J connectivity index is 1.20. The first-order valence-corrected chi connectivity index (χ1v) is 18.3. The van der Waals surface area contributed by atoms with E-state index in [1.165, 1.54) is 50.6 Å². The molecule has 17 nitrogen and oxygen atoms in total. The van der Waals surface area contributed by atoms with Crippen molar-refractivity contribution in [1.82, 2.24) is 0 Å². The molecule has 0 heterocycles. The van der Waals surface area contributed by atoms with Crippen LogP contribution in [0, 0.1) is 0 Å². The number of nitrogens with one attached hydrogen (secondary N) is 4. The lowest BCUT2D eigenvalue weighted by Gasteiger charge is -2.18. The van der Waals surface area contributed by atoms with Gasteiger partial charge >= 0.3 is 6.03 Å². The molecule has 4 aromatic rings. The summed E-state index contributed by atoms with van der Waals surface area (Å²) in [6.45, 7) is 0. The maximum absolute atomic E-state index is 13.3. The molecule has 276 valence electrons.